The lowest BCUT2D eigenvalue weighted by Gasteiger charge is -2.43. The molecule has 0 aromatic rings. The van der Waals surface area contributed by atoms with Crippen molar-refractivity contribution in [3.05, 3.63) is 0 Å². The first-order valence-electron chi connectivity index (χ1n) is 12.3. The second-order valence-corrected chi connectivity index (χ2v) is 11.4. The quantitative estimate of drug-likeness (QED) is 0.637. The Morgan fingerprint density at radius 2 is 1.56 bits per heavy atom. The number of fused-ring (bicyclic) bond motifs is 2. The van der Waals surface area contributed by atoms with E-state index in [4.69, 9.17) is 10.5 Å². The summed E-state index contributed by atoms with van der Waals surface area (Å²) in [4.78, 5) is 56.7. The van der Waals surface area contributed by atoms with Gasteiger partial charge in [0.25, 0.3) is 0 Å². The fraction of sp³-hybridized carbons (Fsp3) is 0.833. The summed E-state index contributed by atoms with van der Waals surface area (Å²) >= 11 is 0. The molecular weight excluding hydrogens is 438 g/mol. The van der Waals surface area contributed by atoms with Crippen molar-refractivity contribution in [3.63, 3.8) is 0 Å². The predicted octanol–water partition coefficient (Wildman–Crippen LogP) is 1.92. The molecule has 3 aliphatic heterocycles. The summed E-state index contributed by atoms with van der Waals surface area (Å²) in [6.07, 6.45) is 2.77. The molecule has 3 unspecified atom stereocenters. The molecule has 0 spiro atoms. The molecule has 0 saturated carbocycles. The Bertz CT molecular complexity index is 811. The van der Waals surface area contributed by atoms with Gasteiger partial charge in [-0.25, -0.2) is 9.59 Å². The highest BCUT2D eigenvalue weighted by molar-refractivity contribution is 5.92. The summed E-state index contributed by atoms with van der Waals surface area (Å²) in [6.45, 7) is 9.21. The van der Waals surface area contributed by atoms with Gasteiger partial charge in [-0.3, -0.25) is 9.59 Å². The second-order valence-electron chi connectivity index (χ2n) is 11.4. The topological polar surface area (TPSA) is 125 Å². The third-order valence-electron chi connectivity index (χ3n) is 7.56. The minimum atomic E-state index is -0.857. The van der Waals surface area contributed by atoms with E-state index in [1.165, 1.54) is 0 Å². The summed E-state index contributed by atoms with van der Waals surface area (Å²) in [5, 5.41) is 2.83. The Hall–Kier alpha value is -2.52. The number of rotatable bonds is 4. The van der Waals surface area contributed by atoms with Gasteiger partial charge in [0, 0.05) is 32.2 Å². The fourth-order valence-electron chi connectivity index (χ4n) is 5.84. The molecule has 0 radical (unpaired) electrons. The van der Waals surface area contributed by atoms with Gasteiger partial charge in [-0.15, -0.1) is 0 Å². The van der Waals surface area contributed by atoms with Gasteiger partial charge in [-0.1, -0.05) is 6.92 Å². The van der Waals surface area contributed by atoms with Crippen molar-refractivity contribution < 1.29 is 23.9 Å². The number of nitrogens with zero attached hydrogens (tertiary/aromatic N) is 3. The first kappa shape index (κ1) is 26.1. The van der Waals surface area contributed by atoms with Gasteiger partial charge < -0.3 is 30.5 Å². The number of urea groups is 1. The summed E-state index contributed by atoms with van der Waals surface area (Å²) < 4.78 is 5.47. The highest BCUT2D eigenvalue weighted by atomic mass is 16.6. The Balaban J connectivity index is 1.88. The molecule has 192 valence electrons. The van der Waals surface area contributed by atoms with Crippen LogP contribution in [0.4, 0.5) is 9.59 Å². The molecule has 5 amide bonds. The largest absolute Gasteiger partial charge is 0.444 e. The van der Waals surface area contributed by atoms with Gasteiger partial charge >= 0.3 is 12.1 Å². The van der Waals surface area contributed by atoms with E-state index in [0.717, 1.165) is 12.8 Å². The number of nitrogens with one attached hydrogen (secondary N) is 1. The van der Waals surface area contributed by atoms with Crippen molar-refractivity contribution in [2.75, 3.05) is 14.1 Å². The van der Waals surface area contributed by atoms with E-state index in [1.54, 1.807) is 44.7 Å². The zero-order valence-electron chi connectivity index (χ0n) is 21.5. The number of alkyl carbamates (subject to hydrolysis) is 1. The molecule has 0 aliphatic carbocycles. The van der Waals surface area contributed by atoms with Crippen LogP contribution in [0.25, 0.3) is 0 Å². The summed E-state index contributed by atoms with van der Waals surface area (Å²) in [7, 11) is 3.48. The first-order chi connectivity index (χ1) is 15.7. The number of hydrogen-bond acceptors (Lipinski definition) is 5. The minimum absolute atomic E-state index is 0.0104. The van der Waals surface area contributed by atoms with Gasteiger partial charge in [0.15, 0.2) is 0 Å². The van der Waals surface area contributed by atoms with Gasteiger partial charge in [0.2, 0.25) is 11.8 Å². The van der Waals surface area contributed by atoms with Crippen molar-refractivity contribution in [3.8, 4) is 0 Å². The van der Waals surface area contributed by atoms with E-state index >= 15 is 0 Å². The summed E-state index contributed by atoms with van der Waals surface area (Å²) in [6, 6.07) is -1.74. The van der Waals surface area contributed by atoms with Gasteiger partial charge in [0.05, 0.1) is 0 Å². The van der Waals surface area contributed by atoms with Crippen molar-refractivity contribution in [2.45, 2.75) is 103 Å². The number of amides is 5. The molecule has 0 aromatic carbocycles. The molecule has 3 N–H and O–H groups in total. The normalized spacial score (nSPS) is 31.7. The molecule has 10 heteroatoms. The van der Waals surface area contributed by atoms with E-state index in [9.17, 15) is 19.2 Å². The van der Waals surface area contributed by atoms with Crippen molar-refractivity contribution in [1.82, 2.24) is 20.0 Å². The van der Waals surface area contributed by atoms with Gasteiger partial charge in [0.1, 0.15) is 17.7 Å². The smallest absolute Gasteiger partial charge is 0.408 e. The van der Waals surface area contributed by atoms with Crippen LogP contribution < -0.4 is 11.1 Å². The molecule has 3 saturated heterocycles. The lowest BCUT2D eigenvalue weighted by atomic mass is 9.84. The number of ether oxygens (including phenoxy) is 1. The van der Waals surface area contributed by atoms with E-state index in [2.05, 4.69) is 5.32 Å². The van der Waals surface area contributed by atoms with Crippen LogP contribution in [0, 0.1) is 11.8 Å². The van der Waals surface area contributed by atoms with Crippen LogP contribution in [0.2, 0.25) is 0 Å². The average molecular weight is 480 g/mol. The monoisotopic (exact) mass is 479 g/mol. The van der Waals surface area contributed by atoms with Crippen molar-refractivity contribution in [1.29, 1.82) is 0 Å². The van der Waals surface area contributed by atoms with E-state index in [1.807, 2.05) is 18.7 Å². The van der Waals surface area contributed by atoms with E-state index in [-0.39, 0.29) is 41.9 Å². The van der Waals surface area contributed by atoms with E-state index < -0.39 is 29.7 Å². The maximum Gasteiger partial charge on any atom is 0.408 e. The number of hydrogen-bond donors (Lipinski definition) is 2. The van der Waals surface area contributed by atoms with Crippen molar-refractivity contribution >= 4 is 23.9 Å². The average Bonchev–Trinajstić information content (AvgIpc) is 3.15. The SMILES string of the molecule is CC1[C@@H](C)C[C@@H](C(N)=O)N1C(=O)[C@@H](NC(=O)OC(C)(C)C)C1CC2CCC(C1)N2C(=O)N(C)C. The van der Waals surface area contributed by atoms with Crippen LogP contribution in [-0.4, -0.2) is 88.5 Å². The molecule has 3 rings (SSSR count). The van der Waals surface area contributed by atoms with Crippen LogP contribution >= 0.6 is 0 Å². The molecule has 3 fully saturated rings. The number of likely N-dealkylation sites (tertiary alicyclic amines) is 1. The Kier molecular flexibility index (Phi) is 7.38. The van der Waals surface area contributed by atoms with Gasteiger partial charge in [-0.2, -0.15) is 0 Å². The lowest BCUT2D eigenvalue weighted by Crippen LogP contribution is -2.60. The molecule has 34 heavy (non-hydrogen) atoms. The fourth-order valence-corrected chi connectivity index (χ4v) is 5.84. The summed E-state index contributed by atoms with van der Waals surface area (Å²) in [5.74, 6) is -0.907. The highest BCUT2D eigenvalue weighted by Gasteiger charge is 2.51. The number of carbonyl (C=O) groups excluding carboxylic acids is 4. The van der Waals surface area contributed by atoms with Crippen LogP contribution in [0.3, 0.4) is 0 Å². The molecule has 3 aliphatic rings. The first-order valence-corrected chi connectivity index (χ1v) is 12.3. The maximum atomic E-state index is 13.9. The molecule has 3 heterocycles. The van der Waals surface area contributed by atoms with E-state index in [0.29, 0.717) is 19.3 Å². The third kappa shape index (κ3) is 5.25. The van der Waals surface area contributed by atoms with Crippen molar-refractivity contribution in [2.24, 2.45) is 17.6 Å². The lowest BCUT2D eigenvalue weighted by molar-refractivity contribution is -0.142. The number of primary amides is 1. The van der Waals surface area contributed by atoms with Crippen LogP contribution in [0.15, 0.2) is 0 Å². The number of carbonyl (C=O) groups is 4. The zero-order chi connectivity index (χ0) is 25.5. The molecular formula is C24H41N5O5. The Labute approximate surface area is 202 Å². The Morgan fingerprint density at radius 3 is 2.03 bits per heavy atom. The zero-order valence-corrected chi connectivity index (χ0v) is 21.5. The molecule has 6 atom stereocenters. The second kappa shape index (κ2) is 9.62. The number of piperidine rings is 1. The molecule has 2 bridgehead atoms. The van der Waals surface area contributed by atoms with Crippen LogP contribution in [0.1, 0.15) is 66.7 Å². The van der Waals surface area contributed by atoms with Crippen LogP contribution in [-0.2, 0) is 14.3 Å². The summed E-state index contributed by atoms with van der Waals surface area (Å²) in [5.41, 5.74) is 4.93. The van der Waals surface area contributed by atoms with Gasteiger partial charge in [-0.05, 0) is 71.6 Å². The molecule has 0 aromatic heterocycles. The maximum absolute atomic E-state index is 13.9. The third-order valence-corrected chi connectivity index (χ3v) is 7.56. The Morgan fingerprint density at radius 1 is 1.00 bits per heavy atom. The van der Waals surface area contributed by atoms with Crippen LogP contribution in [0.5, 0.6) is 0 Å². The highest BCUT2D eigenvalue weighted by Crippen LogP contribution is 2.41. The number of nitrogens with two attached hydrogens (primary N) is 1. The molecule has 10 nitrogen and oxygen atoms in total. The minimum Gasteiger partial charge on any atom is -0.444 e. The standard InChI is InChI=1S/C24H41N5O5/c1-13-10-18(20(25)30)28(14(13)2)21(31)19(26-22(32)34-24(3,4)5)15-11-16-8-9-17(12-15)29(16)23(33)27(6)7/h13-19H,8-12H2,1-7H3,(H2,25,30)(H,26,32)/t13-,14?,15?,16?,17?,18-,19-/m0/s1. The predicted molar refractivity (Wildman–Crippen MR) is 127 cm³/mol.